The van der Waals surface area contributed by atoms with Crippen molar-refractivity contribution in [3.8, 4) is 5.75 Å². The summed E-state index contributed by atoms with van der Waals surface area (Å²) in [5, 5.41) is 10.8. The number of nitrogens with zero attached hydrogens (tertiary/aromatic N) is 2. The normalized spacial score (nSPS) is 14.4. The van der Waals surface area contributed by atoms with Gasteiger partial charge in [0.25, 0.3) is 5.69 Å². The number of ether oxygens (including phenoxy) is 1. The number of rotatable bonds is 3. The first kappa shape index (κ1) is 12.6. The summed E-state index contributed by atoms with van der Waals surface area (Å²) in [7, 11) is 0. The third-order valence-electron chi connectivity index (χ3n) is 3.30. The molecule has 0 spiro atoms. The second kappa shape index (κ2) is 5.30. The van der Waals surface area contributed by atoms with Gasteiger partial charge < -0.3 is 4.74 Å². The highest BCUT2D eigenvalue weighted by Crippen LogP contribution is 2.29. The molecule has 3 rings (SSSR count). The molecule has 1 aliphatic heterocycles. The second-order valence-corrected chi connectivity index (χ2v) is 4.80. The summed E-state index contributed by atoms with van der Waals surface area (Å²) in [5.41, 5.74) is 2.17. The lowest BCUT2D eigenvalue weighted by Crippen LogP contribution is -2.31. The van der Waals surface area contributed by atoms with E-state index in [9.17, 15) is 10.1 Å². The van der Waals surface area contributed by atoms with Crippen LogP contribution in [0.15, 0.2) is 48.5 Å². The molecule has 2 aromatic carbocycles. The highest BCUT2D eigenvalue weighted by molar-refractivity contribution is 5.44. The lowest BCUT2D eigenvalue weighted by Gasteiger charge is -2.28. The Bertz CT molecular complexity index is 628. The minimum atomic E-state index is -0.379. The van der Waals surface area contributed by atoms with Crippen molar-refractivity contribution in [1.29, 1.82) is 0 Å². The van der Waals surface area contributed by atoms with Crippen LogP contribution < -0.4 is 4.74 Å². The Morgan fingerprint density at radius 1 is 1.20 bits per heavy atom. The molecule has 0 aromatic heterocycles. The number of benzene rings is 2. The van der Waals surface area contributed by atoms with E-state index in [0.29, 0.717) is 13.3 Å². The summed E-state index contributed by atoms with van der Waals surface area (Å²) in [6.07, 6.45) is 0. The Labute approximate surface area is 116 Å². The predicted octanol–water partition coefficient (Wildman–Crippen LogP) is 2.95. The third-order valence-corrected chi connectivity index (χ3v) is 3.30. The molecule has 0 saturated carbocycles. The van der Waals surface area contributed by atoms with Gasteiger partial charge in [0, 0.05) is 30.8 Å². The zero-order valence-corrected chi connectivity index (χ0v) is 10.9. The summed E-state index contributed by atoms with van der Waals surface area (Å²) in [4.78, 5) is 12.5. The summed E-state index contributed by atoms with van der Waals surface area (Å²) >= 11 is 0. The maximum absolute atomic E-state index is 10.8. The van der Waals surface area contributed by atoms with Crippen molar-refractivity contribution in [1.82, 2.24) is 4.90 Å². The van der Waals surface area contributed by atoms with E-state index in [1.165, 1.54) is 11.6 Å². The van der Waals surface area contributed by atoms with Gasteiger partial charge in [0.05, 0.1) is 4.92 Å². The monoisotopic (exact) mass is 270 g/mol. The summed E-state index contributed by atoms with van der Waals surface area (Å²) in [5.74, 6) is 0.736. The van der Waals surface area contributed by atoms with Crippen LogP contribution in [0.25, 0.3) is 0 Å². The van der Waals surface area contributed by atoms with Gasteiger partial charge in [0.1, 0.15) is 12.5 Å². The molecule has 102 valence electrons. The highest BCUT2D eigenvalue weighted by atomic mass is 16.6. The Hall–Kier alpha value is -2.40. The number of hydrogen-bond acceptors (Lipinski definition) is 4. The average Bonchev–Trinajstić information content (AvgIpc) is 2.47. The SMILES string of the molecule is O=[N+]([O-])c1ccc2c(c1)CN(Cc1ccccc1)CO2. The molecule has 2 aromatic rings. The second-order valence-electron chi connectivity index (χ2n) is 4.80. The van der Waals surface area contributed by atoms with E-state index in [-0.39, 0.29) is 10.6 Å². The fourth-order valence-corrected chi connectivity index (χ4v) is 2.33. The molecular weight excluding hydrogens is 256 g/mol. The topological polar surface area (TPSA) is 55.6 Å². The van der Waals surface area contributed by atoms with Crippen molar-refractivity contribution in [2.45, 2.75) is 13.1 Å². The molecule has 0 N–H and O–H groups in total. The van der Waals surface area contributed by atoms with E-state index in [1.807, 2.05) is 18.2 Å². The molecule has 1 heterocycles. The number of nitro benzene ring substituents is 1. The van der Waals surface area contributed by atoms with Crippen LogP contribution >= 0.6 is 0 Å². The molecule has 0 atom stereocenters. The first-order valence-electron chi connectivity index (χ1n) is 6.39. The van der Waals surface area contributed by atoms with Crippen molar-refractivity contribution < 1.29 is 9.66 Å². The van der Waals surface area contributed by atoms with Crippen LogP contribution in [0.3, 0.4) is 0 Å². The standard InChI is InChI=1S/C15H14N2O3/c18-17(19)14-6-7-15-13(8-14)10-16(11-20-15)9-12-4-2-1-3-5-12/h1-8H,9-11H2. The van der Waals surface area contributed by atoms with Gasteiger partial charge >= 0.3 is 0 Å². The number of non-ortho nitro benzene ring substituents is 1. The van der Waals surface area contributed by atoms with Crippen LogP contribution in [0.4, 0.5) is 5.69 Å². The molecule has 0 aliphatic carbocycles. The van der Waals surface area contributed by atoms with Crippen LogP contribution in [0.5, 0.6) is 5.75 Å². The molecule has 0 radical (unpaired) electrons. The maximum Gasteiger partial charge on any atom is 0.270 e. The van der Waals surface area contributed by atoms with Gasteiger partial charge in [0.15, 0.2) is 0 Å². The van der Waals surface area contributed by atoms with Crippen molar-refractivity contribution >= 4 is 5.69 Å². The van der Waals surface area contributed by atoms with Crippen LogP contribution in [-0.4, -0.2) is 16.6 Å². The van der Waals surface area contributed by atoms with Gasteiger partial charge in [-0.25, -0.2) is 0 Å². The van der Waals surface area contributed by atoms with E-state index < -0.39 is 0 Å². The highest BCUT2D eigenvalue weighted by Gasteiger charge is 2.20. The third kappa shape index (κ3) is 2.62. The molecule has 1 aliphatic rings. The number of nitro groups is 1. The number of fused-ring (bicyclic) bond motifs is 1. The first-order chi connectivity index (χ1) is 9.72. The Morgan fingerprint density at radius 3 is 2.75 bits per heavy atom. The molecule has 20 heavy (non-hydrogen) atoms. The van der Waals surface area contributed by atoms with Crippen molar-refractivity contribution in [3.05, 3.63) is 69.8 Å². The smallest absolute Gasteiger partial charge is 0.270 e. The molecule has 0 bridgehead atoms. The largest absolute Gasteiger partial charge is 0.478 e. The molecule has 0 saturated heterocycles. The molecule has 5 nitrogen and oxygen atoms in total. The van der Waals surface area contributed by atoms with Crippen molar-refractivity contribution in [2.75, 3.05) is 6.73 Å². The minimum absolute atomic E-state index is 0.105. The average molecular weight is 270 g/mol. The maximum atomic E-state index is 10.8. The Balaban J connectivity index is 1.77. The molecular formula is C15H14N2O3. The van der Waals surface area contributed by atoms with E-state index in [4.69, 9.17) is 4.74 Å². The van der Waals surface area contributed by atoms with E-state index in [2.05, 4.69) is 17.0 Å². The van der Waals surface area contributed by atoms with E-state index >= 15 is 0 Å². The van der Waals surface area contributed by atoms with Gasteiger partial charge in [-0.05, 0) is 11.6 Å². The molecule has 0 fully saturated rings. The first-order valence-corrected chi connectivity index (χ1v) is 6.39. The molecule has 0 unspecified atom stereocenters. The molecule has 0 amide bonds. The summed E-state index contributed by atoms with van der Waals surface area (Å²) in [6.45, 7) is 1.93. The summed E-state index contributed by atoms with van der Waals surface area (Å²) < 4.78 is 5.65. The fourth-order valence-electron chi connectivity index (χ4n) is 2.33. The minimum Gasteiger partial charge on any atom is -0.478 e. The zero-order chi connectivity index (χ0) is 13.9. The number of hydrogen-bond donors (Lipinski definition) is 0. The van der Waals surface area contributed by atoms with Crippen LogP contribution in [0, 0.1) is 10.1 Å². The van der Waals surface area contributed by atoms with E-state index in [0.717, 1.165) is 17.9 Å². The van der Waals surface area contributed by atoms with Crippen LogP contribution in [0.1, 0.15) is 11.1 Å². The molecule has 5 heteroatoms. The lowest BCUT2D eigenvalue weighted by molar-refractivity contribution is -0.385. The Morgan fingerprint density at radius 2 is 2.00 bits per heavy atom. The quantitative estimate of drug-likeness (QED) is 0.635. The fraction of sp³-hybridized carbons (Fsp3) is 0.200. The van der Waals surface area contributed by atoms with Crippen molar-refractivity contribution in [2.24, 2.45) is 0 Å². The Kier molecular flexibility index (Phi) is 3.35. The van der Waals surface area contributed by atoms with Gasteiger partial charge in [-0.2, -0.15) is 0 Å². The summed E-state index contributed by atoms with van der Waals surface area (Å²) in [6, 6.07) is 14.8. The zero-order valence-electron chi connectivity index (χ0n) is 10.9. The van der Waals surface area contributed by atoms with E-state index in [1.54, 1.807) is 12.1 Å². The van der Waals surface area contributed by atoms with Gasteiger partial charge in [-0.3, -0.25) is 15.0 Å². The van der Waals surface area contributed by atoms with Gasteiger partial charge in [0.2, 0.25) is 0 Å². The lowest BCUT2D eigenvalue weighted by atomic mass is 10.1. The van der Waals surface area contributed by atoms with Crippen LogP contribution in [0.2, 0.25) is 0 Å². The van der Waals surface area contributed by atoms with Gasteiger partial charge in [-0.15, -0.1) is 0 Å². The van der Waals surface area contributed by atoms with Gasteiger partial charge in [-0.1, -0.05) is 30.3 Å². The predicted molar refractivity (Wildman–Crippen MR) is 74.3 cm³/mol. The van der Waals surface area contributed by atoms with Crippen LogP contribution in [-0.2, 0) is 13.1 Å². The van der Waals surface area contributed by atoms with Crippen molar-refractivity contribution in [3.63, 3.8) is 0 Å².